The normalized spacial score (nSPS) is 10.9. The van der Waals surface area contributed by atoms with Crippen molar-refractivity contribution in [2.24, 2.45) is 0 Å². The maximum absolute atomic E-state index is 11.2. The topological polar surface area (TPSA) is 140 Å². The van der Waals surface area contributed by atoms with Crippen LogP contribution in [0.1, 0.15) is 27.2 Å². The third-order valence-electron chi connectivity index (χ3n) is 3.47. The van der Waals surface area contributed by atoms with Crippen molar-refractivity contribution in [3.8, 4) is 11.1 Å². The Morgan fingerprint density at radius 3 is 2.23 bits per heavy atom. The lowest BCUT2D eigenvalue weighted by atomic mass is 9.93. The molecule has 8 heteroatoms. The number of anilines is 1. The second kappa shape index (κ2) is 6.49. The van der Waals surface area contributed by atoms with Gasteiger partial charge >= 0.3 is 5.97 Å². The summed E-state index contributed by atoms with van der Waals surface area (Å²) in [5, 5.41) is 37.6. The number of benzene rings is 1. The molecule has 1 heterocycles. The summed E-state index contributed by atoms with van der Waals surface area (Å²) in [6.07, 6.45) is 0. The number of carboxylic acids is 1. The van der Waals surface area contributed by atoms with Crippen molar-refractivity contribution in [2.45, 2.75) is 19.8 Å². The molecule has 0 radical (unpaired) electrons. The minimum Gasteiger partial charge on any atom is -0.477 e. The number of aliphatic hydroxyl groups is 3. The van der Waals surface area contributed by atoms with Crippen molar-refractivity contribution < 1.29 is 25.2 Å². The smallest absolute Gasteiger partial charge is 0.353 e. The van der Waals surface area contributed by atoms with Crippen molar-refractivity contribution in [1.29, 1.82) is 0 Å². The molecule has 0 amide bonds. The summed E-state index contributed by atoms with van der Waals surface area (Å²) >= 11 is 3.20. The molecular weight excluding hydrogens is 356 g/mol. The van der Waals surface area contributed by atoms with Gasteiger partial charge in [-0.1, -0.05) is 12.1 Å². The molecule has 0 bridgehead atoms. The number of carbonyl (C=O) groups is 1. The first-order chi connectivity index (χ1) is 10.5. The average Bonchev–Trinajstić information content (AvgIpc) is 2.80. The van der Waals surface area contributed by atoms with Gasteiger partial charge < -0.3 is 31.1 Å². The van der Waals surface area contributed by atoms with Crippen LogP contribution >= 0.6 is 15.9 Å². The summed E-state index contributed by atoms with van der Waals surface area (Å²) in [6.45, 7) is -1.04. The Bertz CT molecular complexity index is 727. The molecule has 118 valence electrons. The molecule has 0 spiro atoms. The summed E-state index contributed by atoms with van der Waals surface area (Å²) < 4.78 is 0.257. The second-order valence-electron chi connectivity index (χ2n) is 4.61. The van der Waals surface area contributed by atoms with Gasteiger partial charge in [0.15, 0.2) is 0 Å². The van der Waals surface area contributed by atoms with E-state index in [1.807, 2.05) is 0 Å². The van der Waals surface area contributed by atoms with Crippen molar-refractivity contribution in [3.63, 3.8) is 0 Å². The van der Waals surface area contributed by atoms with E-state index in [2.05, 4.69) is 20.9 Å². The Kier molecular flexibility index (Phi) is 4.87. The number of halogens is 1. The van der Waals surface area contributed by atoms with Crippen molar-refractivity contribution in [2.75, 3.05) is 5.73 Å². The van der Waals surface area contributed by atoms with Gasteiger partial charge in [-0.25, -0.2) is 4.79 Å². The standard InChI is InChI=1S/C14H15BrN2O5/c15-11-10(13(16)17-12(11)14(21)22)7-2-1-6(3-18)8(4-19)9(7)5-20/h1-2,17-20H,3-5,16H2,(H,21,22). The molecule has 0 aliphatic rings. The first-order valence-corrected chi connectivity index (χ1v) is 7.12. The van der Waals surface area contributed by atoms with Gasteiger partial charge in [0.1, 0.15) is 11.5 Å². The van der Waals surface area contributed by atoms with Crippen LogP contribution in [0.2, 0.25) is 0 Å². The van der Waals surface area contributed by atoms with Crippen LogP contribution in [0.5, 0.6) is 0 Å². The summed E-state index contributed by atoms with van der Waals surface area (Å²) in [6, 6.07) is 3.21. The minimum atomic E-state index is -1.18. The maximum Gasteiger partial charge on any atom is 0.353 e. The van der Waals surface area contributed by atoms with Crippen LogP contribution in [0, 0.1) is 0 Å². The van der Waals surface area contributed by atoms with Gasteiger partial charge in [-0.2, -0.15) is 0 Å². The number of nitrogen functional groups attached to an aromatic ring is 1. The van der Waals surface area contributed by atoms with Gasteiger partial charge in [0.25, 0.3) is 0 Å². The number of hydrogen-bond acceptors (Lipinski definition) is 5. The van der Waals surface area contributed by atoms with Crippen LogP contribution in [0.15, 0.2) is 16.6 Å². The third kappa shape index (κ3) is 2.61. The highest BCUT2D eigenvalue weighted by molar-refractivity contribution is 9.10. The number of carboxylic acid groups (broad SMARTS) is 1. The van der Waals surface area contributed by atoms with E-state index in [9.17, 15) is 20.1 Å². The number of aliphatic hydroxyl groups excluding tert-OH is 3. The SMILES string of the molecule is Nc1[nH]c(C(=O)O)c(Br)c1-c1ccc(CO)c(CO)c1CO. The van der Waals surface area contributed by atoms with Crippen molar-refractivity contribution in [1.82, 2.24) is 4.98 Å². The number of rotatable bonds is 5. The fourth-order valence-electron chi connectivity index (χ4n) is 2.41. The average molecular weight is 371 g/mol. The van der Waals surface area contributed by atoms with E-state index in [4.69, 9.17) is 10.8 Å². The van der Waals surface area contributed by atoms with E-state index in [1.54, 1.807) is 12.1 Å². The number of aromatic nitrogens is 1. The number of aromatic amines is 1. The second-order valence-corrected chi connectivity index (χ2v) is 5.40. The van der Waals surface area contributed by atoms with E-state index in [0.717, 1.165) is 0 Å². The predicted molar refractivity (Wildman–Crippen MR) is 83.1 cm³/mol. The number of aromatic carboxylic acids is 1. The fourth-order valence-corrected chi connectivity index (χ4v) is 3.10. The lowest BCUT2D eigenvalue weighted by molar-refractivity contribution is 0.0690. The van der Waals surface area contributed by atoms with E-state index >= 15 is 0 Å². The first-order valence-electron chi connectivity index (χ1n) is 6.33. The van der Waals surface area contributed by atoms with Gasteiger partial charge in [-0.05, 0) is 38.2 Å². The van der Waals surface area contributed by atoms with Crippen molar-refractivity contribution >= 4 is 27.7 Å². The van der Waals surface area contributed by atoms with E-state index in [1.165, 1.54) is 0 Å². The van der Waals surface area contributed by atoms with Crippen LogP contribution in [-0.2, 0) is 19.8 Å². The van der Waals surface area contributed by atoms with Crippen LogP contribution in [0.25, 0.3) is 11.1 Å². The summed E-state index contributed by atoms with van der Waals surface area (Å²) in [5.74, 6) is -1.05. The molecule has 0 saturated heterocycles. The Morgan fingerprint density at radius 2 is 1.77 bits per heavy atom. The Labute approximate surface area is 134 Å². The molecule has 0 aliphatic heterocycles. The molecule has 2 rings (SSSR count). The Hall–Kier alpha value is -1.87. The van der Waals surface area contributed by atoms with Crippen molar-refractivity contribution in [3.05, 3.63) is 39.0 Å². The maximum atomic E-state index is 11.2. The zero-order chi connectivity index (χ0) is 16.4. The quantitative estimate of drug-likeness (QED) is 0.467. The van der Waals surface area contributed by atoms with Crippen LogP contribution in [0.3, 0.4) is 0 Å². The lowest BCUT2D eigenvalue weighted by Crippen LogP contribution is -2.04. The van der Waals surface area contributed by atoms with Crippen LogP contribution < -0.4 is 5.73 Å². The first kappa shape index (κ1) is 16.5. The van der Waals surface area contributed by atoms with Gasteiger partial charge in [-0.15, -0.1) is 0 Å². The Balaban J connectivity index is 2.76. The highest BCUT2D eigenvalue weighted by Gasteiger charge is 2.23. The summed E-state index contributed by atoms with van der Waals surface area (Å²) in [5.41, 5.74) is 7.89. The fraction of sp³-hybridized carbons (Fsp3) is 0.214. The molecule has 0 fully saturated rings. The summed E-state index contributed by atoms with van der Waals surface area (Å²) in [4.78, 5) is 13.7. The molecule has 0 atom stereocenters. The molecule has 0 saturated carbocycles. The largest absolute Gasteiger partial charge is 0.477 e. The number of H-pyrrole nitrogens is 1. The summed E-state index contributed by atoms with van der Waals surface area (Å²) in [7, 11) is 0. The van der Waals surface area contributed by atoms with Crippen LogP contribution in [-0.4, -0.2) is 31.4 Å². The molecule has 0 aliphatic carbocycles. The van der Waals surface area contributed by atoms with E-state index < -0.39 is 12.6 Å². The van der Waals surface area contributed by atoms with Gasteiger partial charge in [0.2, 0.25) is 0 Å². The highest BCUT2D eigenvalue weighted by Crippen LogP contribution is 2.39. The Morgan fingerprint density at radius 1 is 1.14 bits per heavy atom. The number of nitrogens with two attached hydrogens (primary N) is 1. The molecule has 0 unspecified atom stereocenters. The zero-order valence-corrected chi connectivity index (χ0v) is 13.0. The number of nitrogens with one attached hydrogen (secondary N) is 1. The van der Waals surface area contributed by atoms with Gasteiger partial charge in [-0.3, -0.25) is 0 Å². The third-order valence-corrected chi connectivity index (χ3v) is 4.26. The van der Waals surface area contributed by atoms with Crippen LogP contribution in [0.4, 0.5) is 5.82 Å². The van der Waals surface area contributed by atoms with Gasteiger partial charge in [0.05, 0.1) is 24.3 Å². The molecule has 7 nitrogen and oxygen atoms in total. The molecule has 1 aromatic carbocycles. The minimum absolute atomic E-state index is 0.104. The number of hydrogen-bond donors (Lipinski definition) is 6. The highest BCUT2D eigenvalue weighted by atomic mass is 79.9. The molecule has 1 aromatic heterocycles. The molecule has 7 N–H and O–H groups in total. The molecule has 2 aromatic rings. The molecular formula is C14H15BrN2O5. The predicted octanol–water partition coefficient (Wildman–Crippen LogP) is 1.20. The van der Waals surface area contributed by atoms with E-state index in [-0.39, 0.29) is 29.2 Å². The molecule has 22 heavy (non-hydrogen) atoms. The monoisotopic (exact) mass is 370 g/mol. The van der Waals surface area contributed by atoms with Gasteiger partial charge in [0, 0.05) is 5.56 Å². The van der Waals surface area contributed by atoms with E-state index in [0.29, 0.717) is 27.8 Å². The zero-order valence-electron chi connectivity index (χ0n) is 11.4. The lowest BCUT2D eigenvalue weighted by Gasteiger charge is -2.15.